The molecule has 2 N–H and O–H groups in total. The first kappa shape index (κ1) is 9.21. The maximum atomic E-state index is 12.9. The van der Waals surface area contributed by atoms with E-state index in [4.69, 9.17) is 5.73 Å². The number of hydrogen-bond donors (Lipinski definition) is 1. The van der Waals surface area contributed by atoms with Crippen LogP contribution in [0.2, 0.25) is 0 Å². The first-order valence-electron chi connectivity index (χ1n) is 3.92. The molecule has 0 saturated heterocycles. The summed E-state index contributed by atoms with van der Waals surface area (Å²) in [7, 11) is 0. The molecule has 0 bridgehead atoms. The monoisotopic (exact) mass is 255 g/mol. The van der Waals surface area contributed by atoms with Gasteiger partial charge in [-0.15, -0.1) is 0 Å². The molecule has 0 radical (unpaired) electrons. The van der Waals surface area contributed by atoms with Crippen molar-refractivity contribution in [2.45, 2.75) is 0 Å². The number of rotatable bonds is 1. The Bertz CT molecular complexity index is 467. The molecule has 0 aliphatic carbocycles. The van der Waals surface area contributed by atoms with E-state index in [2.05, 4.69) is 21.0 Å². The third-order valence-electron chi connectivity index (χ3n) is 1.76. The van der Waals surface area contributed by atoms with Gasteiger partial charge < -0.3 is 5.73 Å². The Morgan fingerprint density at radius 3 is 2.86 bits per heavy atom. The van der Waals surface area contributed by atoms with Gasteiger partial charge in [-0.25, -0.2) is 9.07 Å². The van der Waals surface area contributed by atoms with Gasteiger partial charge in [0.2, 0.25) is 0 Å². The van der Waals surface area contributed by atoms with Crippen molar-refractivity contribution in [1.29, 1.82) is 0 Å². The van der Waals surface area contributed by atoms with Crippen molar-refractivity contribution in [3.05, 3.63) is 40.9 Å². The Hall–Kier alpha value is -1.36. The maximum Gasteiger partial charge on any atom is 0.125 e. The second kappa shape index (κ2) is 3.42. The summed E-state index contributed by atoms with van der Waals surface area (Å²) in [6, 6.07) is 4.39. The third kappa shape index (κ3) is 1.63. The molecule has 1 heterocycles. The van der Waals surface area contributed by atoms with E-state index >= 15 is 0 Å². The van der Waals surface area contributed by atoms with E-state index in [0.29, 0.717) is 11.4 Å². The quantitative estimate of drug-likeness (QED) is 0.851. The summed E-state index contributed by atoms with van der Waals surface area (Å²) in [4.78, 5) is 0. The number of aromatic nitrogens is 2. The normalized spacial score (nSPS) is 10.4. The van der Waals surface area contributed by atoms with E-state index < -0.39 is 0 Å². The molecule has 0 atom stereocenters. The molecular formula is C9H7BrFN3. The molecule has 14 heavy (non-hydrogen) atoms. The van der Waals surface area contributed by atoms with Crippen LogP contribution in [-0.2, 0) is 0 Å². The van der Waals surface area contributed by atoms with Gasteiger partial charge in [0.25, 0.3) is 0 Å². The smallest absolute Gasteiger partial charge is 0.125 e. The van der Waals surface area contributed by atoms with Gasteiger partial charge in [0, 0.05) is 10.5 Å². The SMILES string of the molecule is Nc1cnn(-c2cc(F)ccc2Br)c1. The molecule has 72 valence electrons. The fourth-order valence-corrected chi connectivity index (χ4v) is 1.56. The fourth-order valence-electron chi connectivity index (χ4n) is 1.13. The number of benzene rings is 1. The number of anilines is 1. The molecule has 0 aliphatic heterocycles. The van der Waals surface area contributed by atoms with Gasteiger partial charge >= 0.3 is 0 Å². The van der Waals surface area contributed by atoms with Gasteiger partial charge in [-0.1, -0.05) is 0 Å². The zero-order valence-corrected chi connectivity index (χ0v) is 8.70. The molecule has 0 fully saturated rings. The van der Waals surface area contributed by atoms with E-state index in [9.17, 15) is 4.39 Å². The average molecular weight is 256 g/mol. The molecule has 0 saturated carbocycles. The zero-order valence-electron chi connectivity index (χ0n) is 7.11. The Balaban J connectivity index is 2.55. The lowest BCUT2D eigenvalue weighted by Gasteiger charge is -2.03. The van der Waals surface area contributed by atoms with Crippen molar-refractivity contribution in [2.75, 3.05) is 5.73 Å². The average Bonchev–Trinajstić information content (AvgIpc) is 2.56. The maximum absolute atomic E-state index is 12.9. The summed E-state index contributed by atoms with van der Waals surface area (Å²) < 4.78 is 15.2. The summed E-state index contributed by atoms with van der Waals surface area (Å²) in [5.74, 6) is -0.308. The molecule has 2 rings (SSSR count). The molecule has 0 amide bonds. The van der Waals surface area contributed by atoms with Crippen LogP contribution in [0.4, 0.5) is 10.1 Å². The minimum atomic E-state index is -0.308. The van der Waals surface area contributed by atoms with Crippen LogP contribution in [0.15, 0.2) is 35.1 Å². The number of nitrogen functional groups attached to an aromatic ring is 1. The minimum absolute atomic E-state index is 0.308. The number of nitrogens with zero attached hydrogens (tertiary/aromatic N) is 2. The summed E-state index contributed by atoms with van der Waals surface area (Å²) >= 11 is 3.31. The Labute approximate surface area is 88.5 Å². The van der Waals surface area contributed by atoms with Crippen molar-refractivity contribution in [1.82, 2.24) is 9.78 Å². The second-order valence-corrected chi connectivity index (χ2v) is 3.67. The lowest BCUT2D eigenvalue weighted by molar-refractivity contribution is 0.625. The summed E-state index contributed by atoms with van der Waals surface area (Å²) in [6.07, 6.45) is 3.14. The third-order valence-corrected chi connectivity index (χ3v) is 2.43. The largest absolute Gasteiger partial charge is 0.396 e. The number of hydrogen-bond acceptors (Lipinski definition) is 2. The van der Waals surface area contributed by atoms with E-state index in [1.165, 1.54) is 23.0 Å². The van der Waals surface area contributed by atoms with Crippen LogP contribution < -0.4 is 5.73 Å². The molecule has 1 aromatic heterocycles. The highest BCUT2D eigenvalue weighted by Gasteiger charge is 2.04. The highest BCUT2D eigenvalue weighted by molar-refractivity contribution is 9.10. The van der Waals surface area contributed by atoms with Crippen LogP contribution in [-0.4, -0.2) is 9.78 Å². The first-order chi connectivity index (χ1) is 6.66. The van der Waals surface area contributed by atoms with E-state index in [1.54, 1.807) is 12.3 Å². The second-order valence-electron chi connectivity index (χ2n) is 2.81. The highest BCUT2D eigenvalue weighted by Crippen LogP contribution is 2.21. The summed E-state index contributed by atoms with van der Waals surface area (Å²) in [5, 5.41) is 3.98. The van der Waals surface area contributed by atoms with Gasteiger partial charge in [0.05, 0.1) is 23.8 Å². The van der Waals surface area contributed by atoms with Crippen LogP contribution in [0.3, 0.4) is 0 Å². The predicted octanol–water partition coefficient (Wildman–Crippen LogP) is 2.36. The molecule has 0 spiro atoms. The van der Waals surface area contributed by atoms with Crippen LogP contribution >= 0.6 is 15.9 Å². The Morgan fingerprint density at radius 1 is 1.43 bits per heavy atom. The van der Waals surface area contributed by atoms with Gasteiger partial charge in [0.1, 0.15) is 5.82 Å². The topological polar surface area (TPSA) is 43.8 Å². The number of halogens is 2. The molecule has 2 aromatic rings. The van der Waals surface area contributed by atoms with E-state index in [1.807, 2.05) is 0 Å². The first-order valence-corrected chi connectivity index (χ1v) is 4.72. The van der Waals surface area contributed by atoms with Gasteiger partial charge in [-0.05, 0) is 28.1 Å². The van der Waals surface area contributed by atoms with Crippen LogP contribution in [0.5, 0.6) is 0 Å². The summed E-state index contributed by atoms with van der Waals surface area (Å²) in [6.45, 7) is 0. The van der Waals surface area contributed by atoms with Gasteiger partial charge in [-0.2, -0.15) is 5.10 Å². The van der Waals surface area contributed by atoms with Gasteiger partial charge in [0.15, 0.2) is 0 Å². The molecular weight excluding hydrogens is 249 g/mol. The Kier molecular flexibility index (Phi) is 2.25. The van der Waals surface area contributed by atoms with Crippen LogP contribution in [0.25, 0.3) is 5.69 Å². The fraction of sp³-hybridized carbons (Fsp3) is 0. The van der Waals surface area contributed by atoms with E-state index in [-0.39, 0.29) is 5.82 Å². The highest BCUT2D eigenvalue weighted by atomic mass is 79.9. The minimum Gasteiger partial charge on any atom is -0.396 e. The van der Waals surface area contributed by atoms with Crippen LogP contribution in [0.1, 0.15) is 0 Å². The van der Waals surface area contributed by atoms with Gasteiger partial charge in [-0.3, -0.25) is 0 Å². The van der Waals surface area contributed by atoms with Crippen molar-refractivity contribution in [3.63, 3.8) is 0 Å². The molecule has 1 aromatic carbocycles. The molecule has 0 aliphatic rings. The molecule has 0 unspecified atom stereocenters. The van der Waals surface area contributed by atoms with Crippen molar-refractivity contribution in [2.24, 2.45) is 0 Å². The standard InChI is InChI=1S/C9H7BrFN3/c10-8-2-1-6(11)3-9(8)14-5-7(12)4-13-14/h1-5H,12H2. The zero-order chi connectivity index (χ0) is 10.1. The predicted molar refractivity (Wildman–Crippen MR) is 55.6 cm³/mol. The lowest BCUT2D eigenvalue weighted by Crippen LogP contribution is -1.96. The Morgan fingerprint density at radius 2 is 2.21 bits per heavy atom. The van der Waals surface area contributed by atoms with E-state index in [0.717, 1.165) is 4.47 Å². The summed E-state index contributed by atoms with van der Waals surface area (Å²) in [5.41, 5.74) is 6.68. The molecule has 5 heteroatoms. The van der Waals surface area contributed by atoms with Crippen molar-refractivity contribution in [3.8, 4) is 5.69 Å². The molecule has 3 nitrogen and oxygen atoms in total. The number of nitrogens with two attached hydrogens (primary N) is 1. The van der Waals surface area contributed by atoms with Crippen LogP contribution in [0, 0.1) is 5.82 Å². The van der Waals surface area contributed by atoms with Crippen molar-refractivity contribution < 1.29 is 4.39 Å². The lowest BCUT2D eigenvalue weighted by atomic mass is 10.3. The van der Waals surface area contributed by atoms with Crippen molar-refractivity contribution >= 4 is 21.6 Å².